The van der Waals surface area contributed by atoms with Crippen molar-refractivity contribution >= 4 is 5.82 Å². The lowest BCUT2D eigenvalue weighted by atomic mass is 10.1. The van der Waals surface area contributed by atoms with E-state index in [0.717, 1.165) is 11.3 Å². The first-order valence-electron chi connectivity index (χ1n) is 4.56. The minimum absolute atomic E-state index is 0.249. The molecule has 0 saturated carbocycles. The van der Waals surface area contributed by atoms with Crippen molar-refractivity contribution in [1.82, 2.24) is 10.2 Å². The normalized spacial score (nSPS) is 10.0. The van der Waals surface area contributed by atoms with Crippen LogP contribution in [-0.2, 0) is 0 Å². The Morgan fingerprint density at radius 1 is 1.29 bits per heavy atom. The molecule has 0 saturated heterocycles. The molecule has 4 nitrogen and oxygen atoms in total. The average molecular weight is 190 g/mol. The zero-order valence-corrected chi connectivity index (χ0v) is 8.92. The molecule has 0 unspecified atom stereocenters. The minimum atomic E-state index is 0.249. The molecule has 1 heterocycles. The van der Waals surface area contributed by atoms with Gasteiger partial charge in [0.25, 0.3) is 0 Å². The standard InChI is InChI=1S/C10H14N4/c1-6(2)12-10-9(5-11)7(3)8(4)13-14-10/h6H,1-4H3,(H,12,14). The topological polar surface area (TPSA) is 61.6 Å². The van der Waals surface area contributed by atoms with Gasteiger partial charge in [0.15, 0.2) is 5.82 Å². The first kappa shape index (κ1) is 10.5. The summed E-state index contributed by atoms with van der Waals surface area (Å²) in [5.74, 6) is 0.575. The average Bonchev–Trinajstić information content (AvgIpc) is 2.11. The Morgan fingerprint density at radius 2 is 1.93 bits per heavy atom. The number of hydrogen-bond acceptors (Lipinski definition) is 4. The van der Waals surface area contributed by atoms with Crippen LogP contribution >= 0.6 is 0 Å². The number of rotatable bonds is 2. The Bertz CT molecular complexity index is 376. The van der Waals surface area contributed by atoms with Gasteiger partial charge < -0.3 is 5.32 Å². The summed E-state index contributed by atoms with van der Waals surface area (Å²) in [5, 5.41) is 20.0. The monoisotopic (exact) mass is 190 g/mol. The molecule has 74 valence electrons. The molecule has 0 aliphatic rings. The third-order valence-electron chi connectivity index (χ3n) is 1.99. The molecule has 1 N–H and O–H groups in total. The summed E-state index contributed by atoms with van der Waals surface area (Å²) < 4.78 is 0. The van der Waals surface area contributed by atoms with Crippen molar-refractivity contribution in [3.05, 3.63) is 16.8 Å². The highest BCUT2D eigenvalue weighted by molar-refractivity contribution is 5.55. The summed E-state index contributed by atoms with van der Waals surface area (Å²) in [6.45, 7) is 7.73. The van der Waals surface area contributed by atoms with Crippen molar-refractivity contribution in [2.45, 2.75) is 33.7 Å². The Morgan fingerprint density at radius 3 is 2.43 bits per heavy atom. The Kier molecular flexibility index (Phi) is 3.03. The maximum absolute atomic E-state index is 8.98. The molecule has 0 fully saturated rings. The quantitative estimate of drug-likeness (QED) is 0.772. The largest absolute Gasteiger partial charge is 0.365 e. The summed E-state index contributed by atoms with van der Waals surface area (Å²) in [6.07, 6.45) is 0. The van der Waals surface area contributed by atoms with E-state index in [1.54, 1.807) is 0 Å². The maximum atomic E-state index is 8.98. The first-order chi connectivity index (χ1) is 6.56. The number of aryl methyl sites for hydroxylation is 1. The minimum Gasteiger partial charge on any atom is -0.365 e. The number of aromatic nitrogens is 2. The van der Waals surface area contributed by atoms with Gasteiger partial charge in [-0.1, -0.05) is 0 Å². The summed E-state index contributed by atoms with van der Waals surface area (Å²) in [7, 11) is 0. The van der Waals surface area contributed by atoms with Crippen molar-refractivity contribution in [2.24, 2.45) is 0 Å². The highest BCUT2D eigenvalue weighted by Gasteiger charge is 2.10. The van der Waals surface area contributed by atoms with Gasteiger partial charge in [0.1, 0.15) is 11.6 Å². The van der Waals surface area contributed by atoms with E-state index in [2.05, 4.69) is 21.6 Å². The number of nitriles is 1. The summed E-state index contributed by atoms with van der Waals surface area (Å²) >= 11 is 0. The van der Waals surface area contributed by atoms with Gasteiger partial charge in [-0.05, 0) is 33.3 Å². The van der Waals surface area contributed by atoms with Crippen LogP contribution in [0.25, 0.3) is 0 Å². The molecule has 1 aromatic rings. The van der Waals surface area contributed by atoms with E-state index >= 15 is 0 Å². The zero-order chi connectivity index (χ0) is 10.7. The highest BCUT2D eigenvalue weighted by Crippen LogP contribution is 2.17. The number of nitrogens with zero attached hydrogens (tertiary/aromatic N) is 3. The number of nitrogens with one attached hydrogen (secondary N) is 1. The van der Waals surface area contributed by atoms with Gasteiger partial charge in [-0.25, -0.2) is 0 Å². The molecular formula is C10H14N4. The Labute approximate surface area is 84.0 Å². The molecule has 14 heavy (non-hydrogen) atoms. The molecule has 0 amide bonds. The van der Waals surface area contributed by atoms with Gasteiger partial charge in [-0.15, -0.1) is 5.10 Å². The van der Waals surface area contributed by atoms with Gasteiger partial charge in [0, 0.05) is 6.04 Å². The summed E-state index contributed by atoms with van der Waals surface area (Å²) in [6, 6.07) is 2.39. The predicted octanol–water partition coefficient (Wildman–Crippen LogP) is 1.79. The fourth-order valence-electron chi connectivity index (χ4n) is 1.12. The lowest BCUT2D eigenvalue weighted by molar-refractivity contribution is 0.861. The second-order valence-corrected chi connectivity index (χ2v) is 3.54. The van der Waals surface area contributed by atoms with Crippen LogP contribution in [0.15, 0.2) is 0 Å². The highest BCUT2D eigenvalue weighted by atomic mass is 15.2. The van der Waals surface area contributed by atoms with Gasteiger partial charge in [0.2, 0.25) is 0 Å². The third-order valence-corrected chi connectivity index (χ3v) is 1.99. The van der Waals surface area contributed by atoms with Crippen molar-refractivity contribution in [3.63, 3.8) is 0 Å². The van der Waals surface area contributed by atoms with Crippen LogP contribution in [0.5, 0.6) is 0 Å². The maximum Gasteiger partial charge on any atom is 0.167 e. The van der Waals surface area contributed by atoms with Crippen LogP contribution in [0.1, 0.15) is 30.7 Å². The fourth-order valence-corrected chi connectivity index (χ4v) is 1.12. The van der Waals surface area contributed by atoms with Gasteiger partial charge in [0.05, 0.1) is 5.69 Å². The molecule has 0 aromatic carbocycles. The summed E-state index contributed by atoms with van der Waals surface area (Å²) in [5.41, 5.74) is 2.28. The van der Waals surface area contributed by atoms with Crippen molar-refractivity contribution < 1.29 is 0 Å². The van der Waals surface area contributed by atoms with Crippen LogP contribution in [-0.4, -0.2) is 16.2 Å². The molecule has 0 radical (unpaired) electrons. The van der Waals surface area contributed by atoms with Gasteiger partial charge >= 0.3 is 0 Å². The van der Waals surface area contributed by atoms with E-state index in [1.165, 1.54) is 0 Å². The fraction of sp³-hybridized carbons (Fsp3) is 0.500. The second-order valence-electron chi connectivity index (χ2n) is 3.54. The van der Waals surface area contributed by atoms with Crippen LogP contribution in [0.2, 0.25) is 0 Å². The number of anilines is 1. The van der Waals surface area contributed by atoms with E-state index in [9.17, 15) is 0 Å². The number of hydrogen-bond donors (Lipinski definition) is 1. The molecule has 0 spiro atoms. The smallest absolute Gasteiger partial charge is 0.167 e. The van der Waals surface area contributed by atoms with Crippen LogP contribution in [0.4, 0.5) is 5.82 Å². The lowest BCUT2D eigenvalue weighted by Gasteiger charge is -2.11. The zero-order valence-electron chi connectivity index (χ0n) is 8.92. The van der Waals surface area contributed by atoms with Crippen molar-refractivity contribution in [3.8, 4) is 6.07 Å². The van der Waals surface area contributed by atoms with E-state index in [-0.39, 0.29) is 6.04 Å². The summed E-state index contributed by atoms with van der Waals surface area (Å²) in [4.78, 5) is 0. The lowest BCUT2D eigenvalue weighted by Crippen LogP contribution is -2.14. The van der Waals surface area contributed by atoms with Gasteiger partial charge in [-0.2, -0.15) is 10.4 Å². The van der Waals surface area contributed by atoms with E-state index in [4.69, 9.17) is 5.26 Å². The SMILES string of the molecule is Cc1nnc(NC(C)C)c(C#N)c1C. The van der Waals surface area contributed by atoms with E-state index < -0.39 is 0 Å². The predicted molar refractivity (Wildman–Crippen MR) is 55.0 cm³/mol. The molecule has 0 bridgehead atoms. The second kappa shape index (κ2) is 4.05. The molecule has 0 aliphatic heterocycles. The molecule has 4 heteroatoms. The molecular weight excluding hydrogens is 176 g/mol. The third kappa shape index (κ3) is 1.99. The van der Waals surface area contributed by atoms with Crippen LogP contribution in [0, 0.1) is 25.2 Å². The molecule has 1 rings (SSSR count). The van der Waals surface area contributed by atoms with Crippen LogP contribution < -0.4 is 5.32 Å². The van der Waals surface area contributed by atoms with E-state index in [0.29, 0.717) is 11.4 Å². The molecule has 0 aliphatic carbocycles. The van der Waals surface area contributed by atoms with Gasteiger partial charge in [-0.3, -0.25) is 0 Å². The Hall–Kier alpha value is -1.63. The molecule has 1 aromatic heterocycles. The van der Waals surface area contributed by atoms with Crippen molar-refractivity contribution in [1.29, 1.82) is 5.26 Å². The Balaban J connectivity index is 3.19. The van der Waals surface area contributed by atoms with Crippen molar-refractivity contribution in [2.75, 3.05) is 5.32 Å². The van der Waals surface area contributed by atoms with E-state index in [1.807, 2.05) is 27.7 Å². The molecule has 0 atom stereocenters. The first-order valence-corrected chi connectivity index (χ1v) is 4.56. The van der Waals surface area contributed by atoms with Crippen LogP contribution in [0.3, 0.4) is 0 Å².